The van der Waals surface area contributed by atoms with Crippen molar-refractivity contribution in [3.8, 4) is 5.75 Å². The molecule has 0 radical (unpaired) electrons. The van der Waals surface area contributed by atoms with E-state index in [9.17, 15) is 9.59 Å². The van der Waals surface area contributed by atoms with Crippen LogP contribution in [0.2, 0.25) is 0 Å². The normalized spacial score (nSPS) is 14.8. The van der Waals surface area contributed by atoms with E-state index in [4.69, 9.17) is 4.74 Å². The number of amides is 1. The summed E-state index contributed by atoms with van der Waals surface area (Å²) in [5, 5.41) is 0. The van der Waals surface area contributed by atoms with Crippen molar-refractivity contribution in [3.63, 3.8) is 0 Å². The lowest BCUT2D eigenvalue weighted by Crippen LogP contribution is -2.34. The van der Waals surface area contributed by atoms with Crippen LogP contribution >= 0.6 is 0 Å². The highest BCUT2D eigenvalue weighted by Crippen LogP contribution is 2.17. The predicted molar refractivity (Wildman–Crippen MR) is 92.4 cm³/mol. The Morgan fingerprint density at radius 3 is 1.96 bits per heavy atom. The van der Waals surface area contributed by atoms with Crippen molar-refractivity contribution in [1.29, 1.82) is 0 Å². The zero-order valence-corrected chi connectivity index (χ0v) is 13.6. The molecule has 1 saturated heterocycles. The molecule has 0 spiro atoms. The summed E-state index contributed by atoms with van der Waals surface area (Å²) in [5.41, 5.74) is 1.22. The number of hydrogen-bond donors (Lipinski definition) is 0. The van der Waals surface area contributed by atoms with E-state index >= 15 is 0 Å². The minimum atomic E-state index is -0.306. The molecule has 2 aromatic rings. The quantitative estimate of drug-likeness (QED) is 0.792. The van der Waals surface area contributed by atoms with Crippen LogP contribution in [0.5, 0.6) is 5.75 Å². The first-order chi connectivity index (χ1) is 11.7. The number of benzene rings is 2. The highest BCUT2D eigenvalue weighted by Gasteiger charge is 2.17. The smallest absolute Gasteiger partial charge is 0.410 e. The third kappa shape index (κ3) is 4.02. The highest BCUT2D eigenvalue weighted by atomic mass is 16.6. The van der Waals surface area contributed by atoms with Gasteiger partial charge in [0.15, 0.2) is 5.78 Å². The van der Waals surface area contributed by atoms with Crippen LogP contribution in [0.1, 0.15) is 41.6 Å². The monoisotopic (exact) mass is 323 g/mol. The molecule has 0 aromatic heterocycles. The zero-order chi connectivity index (χ0) is 16.8. The summed E-state index contributed by atoms with van der Waals surface area (Å²) in [6.07, 6.45) is 4.08. The molecule has 4 heteroatoms. The van der Waals surface area contributed by atoms with Gasteiger partial charge in [0, 0.05) is 24.2 Å². The van der Waals surface area contributed by atoms with E-state index < -0.39 is 0 Å². The van der Waals surface area contributed by atoms with Gasteiger partial charge in [-0.15, -0.1) is 0 Å². The van der Waals surface area contributed by atoms with Gasteiger partial charge in [-0.05, 0) is 37.1 Å². The van der Waals surface area contributed by atoms with E-state index in [1.54, 1.807) is 41.3 Å². The van der Waals surface area contributed by atoms with Gasteiger partial charge in [0.1, 0.15) is 5.75 Å². The molecule has 124 valence electrons. The summed E-state index contributed by atoms with van der Waals surface area (Å²) in [6, 6.07) is 15.9. The summed E-state index contributed by atoms with van der Waals surface area (Å²) < 4.78 is 5.43. The molecular weight excluding hydrogens is 302 g/mol. The van der Waals surface area contributed by atoms with Gasteiger partial charge >= 0.3 is 6.09 Å². The average Bonchev–Trinajstić information content (AvgIpc) is 2.92. The van der Waals surface area contributed by atoms with Gasteiger partial charge in [0.25, 0.3) is 0 Å². The fraction of sp³-hybridized carbons (Fsp3) is 0.300. The number of nitrogens with zero attached hydrogens (tertiary/aromatic N) is 1. The third-order valence-corrected chi connectivity index (χ3v) is 4.22. The first-order valence-corrected chi connectivity index (χ1v) is 8.40. The number of ketones is 1. The molecule has 0 saturated carbocycles. The van der Waals surface area contributed by atoms with E-state index in [1.165, 1.54) is 12.8 Å². The Hall–Kier alpha value is -2.62. The van der Waals surface area contributed by atoms with Gasteiger partial charge in [-0.25, -0.2) is 4.79 Å². The molecule has 0 N–H and O–H groups in total. The fourth-order valence-electron chi connectivity index (χ4n) is 2.85. The zero-order valence-electron chi connectivity index (χ0n) is 13.6. The van der Waals surface area contributed by atoms with E-state index in [-0.39, 0.29) is 11.9 Å². The lowest BCUT2D eigenvalue weighted by atomic mass is 10.0. The van der Waals surface area contributed by atoms with Gasteiger partial charge in [-0.2, -0.15) is 0 Å². The van der Waals surface area contributed by atoms with Gasteiger partial charge in [-0.3, -0.25) is 4.79 Å². The largest absolute Gasteiger partial charge is 0.415 e. The van der Waals surface area contributed by atoms with Crippen LogP contribution in [0, 0.1) is 0 Å². The van der Waals surface area contributed by atoms with Crippen molar-refractivity contribution in [3.05, 3.63) is 65.7 Å². The Kier molecular flexibility index (Phi) is 5.26. The maximum Gasteiger partial charge on any atom is 0.415 e. The third-order valence-electron chi connectivity index (χ3n) is 4.22. The lowest BCUT2D eigenvalue weighted by molar-refractivity contribution is 0.103. The number of hydrogen-bond acceptors (Lipinski definition) is 3. The molecule has 2 aromatic carbocycles. The Bertz CT molecular complexity index is 687. The minimum Gasteiger partial charge on any atom is -0.410 e. The second kappa shape index (κ2) is 7.77. The molecule has 0 aliphatic carbocycles. The first-order valence-electron chi connectivity index (χ1n) is 8.40. The topological polar surface area (TPSA) is 46.6 Å². The van der Waals surface area contributed by atoms with Crippen LogP contribution in [0.3, 0.4) is 0 Å². The average molecular weight is 323 g/mol. The van der Waals surface area contributed by atoms with Gasteiger partial charge in [-0.1, -0.05) is 43.2 Å². The Morgan fingerprint density at radius 1 is 0.750 bits per heavy atom. The SMILES string of the molecule is O=C(c1ccccc1)c1ccc(OC(=O)N2CCCCCC2)cc1. The number of rotatable bonds is 3. The molecule has 1 amide bonds. The van der Waals surface area contributed by atoms with E-state index in [0.717, 1.165) is 25.9 Å². The van der Waals surface area contributed by atoms with Gasteiger partial charge in [0.05, 0.1) is 0 Å². The number of carbonyl (C=O) groups excluding carboxylic acids is 2. The molecule has 1 heterocycles. The van der Waals surface area contributed by atoms with Crippen LogP contribution in [-0.2, 0) is 0 Å². The summed E-state index contributed by atoms with van der Waals surface area (Å²) in [7, 11) is 0. The highest BCUT2D eigenvalue weighted by molar-refractivity contribution is 6.09. The number of likely N-dealkylation sites (tertiary alicyclic amines) is 1. The maximum atomic E-state index is 12.3. The molecule has 3 rings (SSSR count). The Balaban J connectivity index is 1.64. The molecule has 0 bridgehead atoms. The van der Waals surface area contributed by atoms with Crippen molar-refractivity contribution in [2.45, 2.75) is 25.7 Å². The van der Waals surface area contributed by atoms with Crippen LogP contribution < -0.4 is 4.74 Å². The van der Waals surface area contributed by atoms with Crippen molar-refractivity contribution in [1.82, 2.24) is 4.90 Å². The summed E-state index contributed by atoms with van der Waals surface area (Å²) in [4.78, 5) is 26.3. The molecule has 1 fully saturated rings. The molecule has 0 unspecified atom stereocenters. The van der Waals surface area contributed by atoms with Crippen LogP contribution in [-0.4, -0.2) is 29.9 Å². The van der Waals surface area contributed by atoms with Gasteiger partial charge in [0.2, 0.25) is 0 Å². The second-order valence-electron chi connectivity index (χ2n) is 5.99. The van der Waals surface area contributed by atoms with Crippen molar-refractivity contribution in [2.75, 3.05) is 13.1 Å². The van der Waals surface area contributed by atoms with Crippen molar-refractivity contribution >= 4 is 11.9 Å². The van der Waals surface area contributed by atoms with Crippen LogP contribution in [0.25, 0.3) is 0 Å². The van der Waals surface area contributed by atoms with Crippen LogP contribution in [0.4, 0.5) is 4.79 Å². The molecular formula is C20H21NO3. The summed E-state index contributed by atoms with van der Waals surface area (Å²) in [5.74, 6) is 0.426. The van der Waals surface area contributed by atoms with E-state index in [2.05, 4.69) is 0 Å². The molecule has 4 nitrogen and oxygen atoms in total. The number of carbonyl (C=O) groups is 2. The van der Waals surface area contributed by atoms with Crippen molar-refractivity contribution < 1.29 is 14.3 Å². The minimum absolute atomic E-state index is 0.0407. The predicted octanol–water partition coefficient (Wildman–Crippen LogP) is 4.29. The second-order valence-corrected chi connectivity index (χ2v) is 5.99. The summed E-state index contributed by atoms with van der Waals surface area (Å²) >= 11 is 0. The molecule has 0 atom stereocenters. The van der Waals surface area contributed by atoms with Gasteiger partial charge < -0.3 is 9.64 Å². The number of ether oxygens (including phenoxy) is 1. The standard InChI is InChI=1S/C20H21NO3/c22-19(16-8-4-3-5-9-16)17-10-12-18(13-11-17)24-20(23)21-14-6-1-2-7-15-21/h3-5,8-13H,1-2,6-7,14-15H2. The van der Waals surface area contributed by atoms with Crippen molar-refractivity contribution in [2.24, 2.45) is 0 Å². The maximum absolute atomic E-state index is 12.3. The molecule has 24 heavy (non-hydrogen) atoms. The Morgan fingerprint density at radius 2 is 1.33 bits per heavy atom. The van der Waals surface area contributed by atoms with E-state index in [0.29, 0.717) is 16.9 Å². The molecule has 1 aliphatic heterocycles. The lowest BCUT2D eigenvalue weighted by Gasteiger charge is -2.19. The summed E-state index contributed by atoms with van der Waals surface area (Å²) in [6.45, 7) is 1.51. The fourth-order valence-corrected chi connectivity index (χ4v) is 2.85. The molecule has 1 aliphatic rings. The first kappa shape index (κ1) is 16.2. The Labute approximate surface area is 142 Å². The van der Waals surface area contributed by atoms with Crippen LogP contribution in [0.15, 0.2) is 54.6 Å². The van der Waals surface area contributed by atoms with E-state index in [1.807, 2.05) is 18.2 Å².